The van der Waals surface area contributed by atoms with Gasteiger partial charge < -0.3 is 10.0 Å². The molecule has 0 unspecified atom stereocenters. The summed E-state index contributed by atoms with van der Waals surface area (Å²) in [5, 5.41) is 8.29. The molecule has 0 rings (SSSR count). The third-order valence-corrected chi connectivity index (χ3v) is 1.86. The summed E-state index contributed by atoms with van der Waals surface area (Å²) in [6, 6.07) is 0. The predicted octanol–water partition coefficient (Wildman–Crippen LogP) is 0.998. The van der Waals surface area contributed by atoms with Crippen molar-refractivity contribution in [3.8, 4) is 0 Å². The third kappa shape index (κ3) is 6.12. The van der Waals surface area contributed by atoms with E-state index in [4.69, 9.17) is 17.3 Å². The van der Waals surface area contributed by atoms with Crippen LogP contribution in [0.2, 0.25) is 0 Å². The maximum atomic E-state index is 10.1. The minimum atomic E-state index is -0.775. The maximum absolute atomic E-state index is 10.1. The van der Waals surface area contributed by atoms with Crippen LogP contribution < -0.4 is 0 Å². The summed E-state index contributed by atoms with van der Waals surface area (Å²) < 4.78 is 0.496. The van der Waals surface area contributed by atoms with Crippen molar-refractivity contribution in [3.05, 3.63) is 0 Å². The van der Waals surface area contributed by atoms with Gasteiger partial charge >= 0.3 is 5.97 Å². The Labute approximate surface area is 76.8 Å². The van der Waals surface area contributed by atoms with Crippen LogP contribution >= 0.6 is 24.8 Å². The predicted molar refractivity (Wildman–Crippen MR) is 51.1 cm³/mol. The molecule has 1 N–H and O–H groups in total. The van der Waals surface area contributed by atoms with Gasteiger partial charge in [0.15, 0.2) is 0 Å². The molecule has 11 heavy (non-hydrogen) atoms. The molecule has 0 spiro atoms. The van der Waals surface area contributed by atoms with E-state index in [1.807, 2.05) is 0 Å². The first-order chi connectivity index (χ1) is 5.04. The van der Waals surface area contributed by atoms with Crippen molar-refractivity contribution in [1.82, 2.24) is 4.90 Å². The number of nitrogens with zero attached hydrogens (tertiary/aromatic N) is 1. The van der Waals surface area contributed by atoms with Crippen molar-refractivity contribution in [2.75, 3.05) is 13.6 Å². The van der Waals surface area contributed by atoms with Gasteiger partial charge in [-0.15, -0.1) is 12.6 Å². The minimum absolute atomic E-state index is 0.181. The molecular formula is C6H11NO2S2. The van der Waals surface area contributed by atoms with Gasteiger partial charge in [0.05, 0.1) is 0 Å². The van der Waals surface area contributed by atoms with Crippen LogP contribution in [0.25, 0.3) is 0 Å². The first kappa shape index (κ1) is 10.7. The molecule has 0 aromatic carbocycles. The number of thiocarbonyl (C=S) groups is 1. The molecule has 3 nitrogen and oxygen atoms in total. The molecule has 0 saturated carbocycles. The molecule has 0 radical (unpaired) electrons. The van der Waals surface area contributed by atoms with Crippen LogP contribution in [0.3, 0.4) is 0 Å². The Morgan fingerprint density at radius 3 is 2.64 bits per heavy atom. The lowest BCUT2D eigenvalue weighted by Crippen LogP contribution is -2.22. The van der Waals surface area contributed by atoms with E-state index in [-0.39, 0.29) is 6.42 Å². The standard InChI is InChI=1S/C6H11NO2S2/c1-7(6(10)11)4-2-3-5(8)9/h2-4H2,1H3,(H,8,9)(H,10,11). The molecular weight excluding hydrogens is 182 g/mol. The molecule has 0 aromatic heterocycles. The van der Waals surface area contributed by atoms with Crippen LogP contribution in [0.5, 0.6) is 0 Å². The lowest BCUT2D eigenvalue weighted by Gasteiger charge is -2.14. The lowest BCUT2D eigenvalue weighted by atomic mass is 10.3. The fourth-order valence-corrected chi connectivity index (χ4v) is 0.754. The van der Waals surface area contributed by atoms with E-state index in [1.165, 1.54) is 0 Å². The molecule has 64 valence electrons. The van der Waals surface area contributed by atoms with Gasteiger partial charge in [-0.1, -0.05) is 12.2 Å². The number of thiol groups is 1. The second-order valence-corrected chi connectivity index (χ2v) is 3.31. The number of carbonyl (C=O) groups is 1. The van der Waals surface area contributed by atoms with E-state index >= 15 is 0 Å². The van der Waals surface area contributed by atoms with Crippen molar-refractivity contribution in [2.24, 2.45) is 0 Å². The van der Waals surface area contributed by atoms with Crippen molar-refractivity contribution in [3.63, 3.8) is 0 Å². The molecule has 0 saturated heterocycles. The smallest absolute Gasteiger partial charge is 0.303 e. The SMILES string of the molecule is CN(CCCC(=O)O)C(=S)S. The average Bonchev–Trinajstić information content (AvgIpc) is 1.86. The molecule has 0 aliphatic carbocycles. The van der Waals surface area contributed by atoms with Gasteiger partial charge in [0.1, 0.15) is 4.32 Å². The molecule has 0 atom stereocenters. The zero-order chi connectivity index (χ0) is 8.85. The highest BCUT2D eigenvalue weighted by Crippen LogP contribution is 1.96. The highest BCUT2D eigenvalue weighted by atomic mass is 32.1. The van der Waals surface area contributed by atoms with Gasteiger partial charge in [0.2, 0.25) is 0 Å². The number of carboxylic acid groups (broad SMARTS) is 1. The fourth-order valence-electron chi connectivity index (χ4n) is 0.563. The molecule has 0 bridgehead atoms. The summed E-state index contributed by atoms with van der Waals surface area (Å²) in [7, 11) is 1.79. The van der Waals surface area contributed by atoms with E-state index in [0.29, 0.717) is 17.3 Å². The Morgan fingerprint density at radius 1 is 1.73 bits per heavy atom. The van der Waals surface area contributed by atoms with E-state index in [1.54, 1.807) is 11.9 Å². The number of hydrogen-bond donors (Lipinski definition) is 2. The first-order valence-corrected chi connectivity index (χ1v) is 4.05. The number of carboxylic acids is 1. The summed E-state index contributed by atoms with van der Waals surface area (Å²) in [4.78, 5) is 11.8. The summed E-state index contributed by atoms with van der Waals surface area (Å²) in [5.74, 6) is -0.775. The highest BCUT2D eigenvalue weighted by Gasteiger charge is 2.00. The molecule has 0 aromatic rings. The van der Waals surface area contributed by atoms with Gasteiger partial charge in [-0.3, -0.25) is 4.79 Å². The quantitative estimate of drug-likeness (QED) is 0.516. The zero-order valence-electron chi connectivity index (χ0n) is 6.28. The molecule has 0 fully saturated rings. The Balaban J connectivity index is 3.39. The van der Waals surface area contributed by atoms with E-state index < -0.39 is 5.97 Å². The molecule has 0 aliphatic rings. The third-order valence-electron chi connectivity index (χ3n) is 1.21. The number of aliphatic carboxylic acids is 1. The fraction of sp³-hybridized carbons (Fsp3) is 0.667. The molecule has 0 amide bonds. The lowest BCUT2D eigenvalue weighted by molar-refractivity contribution is -0.137. The second-order valence-electron chi connectivity index (χ2n) is 2.20. The minimum Gasteiger partial charge on any atom is -0.481 e. The summed E-state index contributed by atoms with van der Waals surface area (Å²) in [6.45, 7) is 0.647. The normalized spacial score (nSPS) is 9.27. The Kier molecular flexibility index (Phi) is 5.23. The van der Waals surface area contributed by atoms with Crippen LogP contribution in [0.1, 0.15) is 12.8 Å². The largest absolute Gasteiger partial charge is 0.481 e. The van der Waals surface area contributed by atoms with Crippen molar-refractivity contribution in [2.45, 2.75) is 12.8 Å². The van der Waals surface area contributed by atoms with Gasteiger partial charge in [0, 0.05) is 20.0 Å². The van der Waals surface area contributed by atoms with Crippen molar-refractivity contribution >= 4 is 35.1 Å². The second kappa shape index (κ2) is 5.37. The summed E-state index contributed by atoms with van der Waals surface area (Å²) >= 11 is 8.67. The summed E-state index contributed by atoms with van der Waals surface area (Å²) in [5.41, 5.74) is 0. The molecule has 0 aliphatic heterocycles. The van der Waals surface area contributed by atoms with E-state index in [2.05, 4.69) is 12.6 Å². The van der Waals surface area contributed by atoms with E-state index in [0.717, 1.165) is 0 Å². The highest BCUT2D eigenvalue weighted by molar-refractivity contribution is 8.10. The van der Waals surface area contributed by atoms with Crippen LogP contribution in [0.4, 0.5) is 0 Å². The van der Waals surface area contributed by atoms with Gasteiger partial charge in [-0.2, -0.15) is 0 Å². The average molecular weight is 193 g/mol. The van der Waals surface area contributed by atoms with E-state index in [9.17, 15) is 4.79 Å². The Hall–Kier alpha value is -0.290. The van der Waals surface area contributed by atoms with Crippen LogP contribution in [0.15, 0.2) is 0 Å². The Morgan fingerprint density at radius 2 is 2.27 bits per heavy atom. The topological polar surface area (TPSA) is 40.5 Å². The monoisotopic (exact) mass is 193 g/mol. The van der Waals surface area contributed by atoms with Crippen molar-refractivity contribution in [1.29, 1.82) is 0 Å². The van der Waals surface area contributed by atoms with Gasteiger partial charge in [-0.05, 0) is 6.42 Å². The number of hydrogen-bond acceptors (Lipinski definition) is 2. The number of rotatable bonds is 4. The Bertz CT molecular complexity index is 161. The van der Waals surface area contributed by atoms with Crippen LogP contribution in [-0.4, -0.2) is 33.9 Å². The maximum Gasteiger partial charge on any atom is 0.303 e. The summed E-state index contributed by atoms with van der Waals surface area (Å²) in [6.07, 6.45) is 0.785. The first-order valence-electron chi connectivity index (χ1n) is 3.20. The van der Waals surface area contributed by atoms with Crippen molar-refractivity contribution < 1.29 is 9.90 Å². The molecule has 5 heteroatoms. The van der Waals surface area contributed by atoms with Gasteiger partial charge in [-0.25, -0.2) is 0 Å². The molecule has 0 heterocycles. The van der Waals surface area contributed by atoms with Crippen LogP contribution in [-0.2, 0) is 4.79 Å². The van der Waals surface area contributed by atoms with Crippen LogP contribution in [0, 0.1) is 0 Å². The zero-order valence-corrected chi connectivity index (χ0v) is 7.99. The van der Waals surface area contributed by atoms with Gasteiger partial charge in [0.25, 0.3) is 0 Å².